The van der Waals surface area contributed by atoms with Crippen molar-refractivity contribution in [2.24, 2.45) is 7.05 Å². The fraction of sp³-hybridized carbons (Fsp3) is 0.444. The lowest BCUT2D eigenvalue weighted by atomic mass is 10.0. The molecule has 0 radical (unpaired) electrons. The van der Waals surface area contributed by atoms with E-state index in [0.717, 1.165) is 30.1 Å². The lowest BCUT2D eigenvalue weighted by Crippen LogP contribution is -2.23. The number of aryl methyl sites for hydroxylation is 2. The zero-order chi connectivity index (χ0) is 16.0. The predicted octanol–water partition coefficient (Wildman–Crippen LogP) is 3.02. The number of hydrogen-bond acceptors (Lipinski definition) is 3. The van der Waals surface area contributed by atoms with Crippen molar-refractivity contribution in [2.45, 2.75) is 39.3 Å². The molecule has 1 fully saturated rings. The number of likely N-dealkylation sites (tertiary alicyclic amines) is 1. The zero-order valence-corrected chi connectivity index (χ0v) is 14.0. The van der Waals surface area contributed by atoms with Gasteiger partial charge in [-0.25, -0.2) is 4.98 Å². The molecule has 1 saturated heterocycles. The molecule has 3 aromatic rings. The summed E-state index contributed by atoms with van der Waals surface area (Å²) in [6.45, 7) is 6.34. The molecule has 0 bridgehead atoms. The van der Waals surface area contributed by atoms with E-state index in [2.05, 4.69) is 46.7 Å². The van der Waals surface area contributed by atoms with E-state index < -0.39 is 0 Å². The summed E-state index contributed by atoms with van der Waals surface area (Å²) in [5.74, 6) is 0. The van der Waals surface area contributed by atoms with Gasteiger partial charge in [0.05, 0.1) is 11.4 Å². The van der Waals surface area contributed by atoms with Gasteiger partial charge >= 0.3 is 0 Å². The van der Waals surface area contributed by atoms with Gasteiger partial charge < -0.3 is 4.40 Å². The maximum absolute atomic E-state index is 4.75. The van der Waals surface area contributed by atoms with Gasteiger partial charge in [-0.3, -0.25) is 9.58 Å². The Bertz CT molecular complexity index is 811. The molecular formula is C18H23N5. The first-order valence-corrected chi connectivity index (χ1v) is 8.30. The normalized spacial score (nSPS) is 19.0. The van der Waals surface area contributed by atoms with Gasteiger partial charge in [0, 0.05) is 43.3 Å². The third-order valence-electron chi connectivity index (χ3n) is 5.04. The number of nitrogens with zero attached hydrogens (tertiary/aromatic N) is 5. The van der Waals surface area contributed by atoms with E-state index in [0.29, 0.717) is 6.04 Å². The lowest BCUT2D eigenvalue weighted by Gasteiger charge is -2.24. The van der Waals surface area contributed by atoms with Gasteiger partial charge in [0.1, 0.15) is 5.65 Å². The van der Waals surface area contributed by atoms with Crippen LogP contribution >= 0.6 is 0 Å². The van der Waals surface area contributed by atoms with Gasteiger partial charge in [0.2, 0.25) is 0 Å². The van der Waals surface area contributed by atoms with E-state index in [4.69, 9.17) is 4.98 Å². The molecule has 0 unspecified atom stereocenters. The van der Waals surface area contributed by atoms with Crippen LogP contribution in [0.5, 0.6) is 0 Å². The highest BCUT2D eigenvalue weighted by Gasteiger charge is 2.30. The highest BCUT2D eigenvalue weighted by molar-refractivity contribution is 5.39. The minimum atomic E-state index is 0.466. The third-order valence-corrected chi connectivity index (χ3v) is 5.04. The molecule has 0 saturated carbocycles. The fourth-order valence-electron chi connectivity index (χ4n) is 3.89. The fourth-order valence-corrected chi connectivity index (χ4v) is 3.89. The van der Waals surface area contributed by atoms with E-state index in [1.807, 2.05) is 23.9 Å². The number of hydrogen-bond donors (Lipinski definition) is 0. The van der Waals surface area contributed by atoms with Crippen LogP contribution in [0.3, 0.4) is 0 Å². The van der Waals surface area contributed by atoms with E-state index in [9.17, 15) is 0 Å². The van der Waals surface area contributed by atoms with Crippen LogP contribution in [0.2, 0.25) is 0 Å². The Balaban J connectivity index is 1.62. The van der Waals surface area contributed by atoms with E-state index in [1.54, 1.807) is 0 Å². The molecule has 4 rings (SSSR count). The second kappa shape index (κ2) is 5.49. The van der Waals surface area contributed by atoms with Crippen molar-refractivity contribution < 1.29 is 0 Å². The van der Waals surface area contributed by atoms with E-state index in [1.165, 1.54) is 24.1 Å². The van der Waals surface area contributed by atoms with Crippen LogP contribution in [0.15, 0.2) is 30.6 Å². The van der Waals surface area contributed by atoms with Crippen LogP contribution in [-0.2, 0) is 13.6 Å². The molecular weight excluding hydrogens is 286 g/mol. The first-order valence-electron chi connectivity index (χ1n) is 8.30. The van der Waals surface area contributed by atoms with Crippen molar-refractivity contribution in [1.29, 1.82) is 0 Å². The number of pyridine rings is 1. The quantitative estimate of drug-likeness (QED) is 0.746. The summed E-state index contributed by atoms with van der Waals surface area (Å²) in [5.41, 5.74) is 6.02. The monoisotopic (exact) mass is 309 g/mol. The van der Waals surface area contributed by atoms with E-state index in [-0.39, 0.29) is 0 Å². The second-order valence-electron chi connectivity index (χ2n) is 6.53. The van der Waals surface area contributed by atoms with Crippen LogP contribution in [-0.4, -0.2) is 30.6 Å². The summed E-state index contributed by atoms with van der Waals surface area (Å²) in [4.78, 5) is 7.31. The molecule has 0 N–H and O–H groups in total. The number of imidazole rings is 1. The molecule has 0 aliphatic carbocycles. The maximum Gasteiger partial charge on any atom is 0.137 e. The minimum absolute atomic E-state index is 0.466. The Labute approximate surface area is 136 Å². The Hall–Kier alpha value is -2.14. The summed E-state index contributed by atoms with van der Waals surface area (Å²) >= 11 is 0. The summed E-state index contributed by atoms with van der Waals surface area (Å²) in [7, 11) is 2.03. The van der Waals surface area contributed by atoms with Crippen LogP contribution in [0.4, 0.5) is 0 Å². The van der Waals surface area contributed by atoms with Crippen molar-refractivity contribution in [1.82, 2.24) is 24.1 Å². The molecule has 5 nitrogen and oxygen atoms in total. The Morgan fingerprint density at radius 1 is 1.26 bits per heavy atom. The molecule has 0 amide bonds. The minimum Gasteiger partial charge on any atom is -0.307 e. The first kappa shape index (κ1) is 14.5. The van der Waals surface area contributed by atoms with Crippen molar-refractivity contribution in [2.75, 3.05) is 6.54 Å². The smallest absolute Gasteiger partial charge is 0.137 e. The molecule has 1 aliphatic rings. The lowest BCUT2D eigenvalue weighted by molar-refractivity contribution is 0.244. The molecule has 4 heterocycles. The van der Waals surface area contributed by atoms with Crippen LogP contribution < -0.4 is 0 Å². The van der Waals surface area contributed by atoms with Crippen molar-refractivity contribution in [3.63, 3.8) is 0 Å². The Morgan fingerprint density at radius 2 is 2.13 bits per heavy atom. The largest absolute Gasteiger partial charge is 0.307 e. The van der Waals surface area contributed by atoms with Gasteiger partial charge in [-0.15, -0.1) is 0 Å². The molecule has 120 valence electrons. The highest BCUT2D eigenvalue weighted by atomic mass is 15.3. The van der Waals surface area contributed by atoms with Gasteiger partial charge in [0.25, 0.3) is 0 Å². The Morgan fingerprint density at radius 3 is 2.87 bits per heavy atom. The Kier molecular flexibility index (Phi) is 3.45. The summed E-state index contributed by atoms with van der Waals surface area (Å²) < 4.78 is 4.10. The average Bonchev–Trinajstić information content (AvgIpc) is 3.19. The van der Waals surface area contributed by atoms with Crippen molar-refractivity contribution in [3.8, 4) is 0 Å². The van der Waals surface area contributed by atoms with Gasteiger partial charge in [-0.2, -0.15) is 5.10 Å². The maximum atomic E-state index is 4.75. The van der Waals surface area contributed by atoms with E-state index >= 15 is 0 Å². The molecule has 23 heavy (non-hydrogen) atoms. The molecule has 5 heteroatoms. The zero-order valence-electron chi connectivity index (χ0n) is 14.0. The standard InChI is InChI=1S/C18H23N5/c1-13-18(14(2)21(3)20-13)16-7-6-10-22(16)11-15-12-23-9-5-4-8-17(23)19-15/h4-5,8-9,12,16H,6-7,10-11H2,1-3H3/t16-/m1/s1. The molecule has 3 aromatic heterocycles. The number of fused-ring (bicyclic) bond motifs is 1. The van der Waals surface area contributed by atoms with Crippen LogP contribution in [0, 0.1) is 13.8 Å². The number of aromatic nitrogens is 4. The summed E-state index contributed by atoms with van der Waals surface area (Å²) in [5, 5.41) is 4.60. The average molecular weight is 309 g/mol. The summed E-state index contributed by atoms with van der Waals surface area (Å²) in [6.07, 6.45) is 6.66. The molecule has 0 aromatic carbocycles. The van der Waals surface area contributed by atoms with Gasteiger partial charge in [-0.1, -0.05) is 6.07 Å². The second-order valence-corrected chi connectivity index (χ2v) is 6.53. The number of rotatable bonds is 3. The molecule has 1 aliphatic heterocycles. The highest BCUT2D eigenvalue weighted by Crippen LogP contribution is 2.36. The van der Waals surface area contributed by atoms with Crippen molar-refractivity contribution in [3.05, 3.63) is 53.2 Å². The third kappa shape index (κ3) is 2.45. The van der Waals surface area contributed by atoms with Gasteiger partial charge in [0.15, 0.2) is 0 Å². The van der Waals surface area contributed by atoms with Gasteiger partial charge in [-0.05, 0) is 45.4 Å². The van der Waals surface area contributed by atoms with Crippen molar-refractivity contribution >= 4 is 5.65 Å². The topological polar surface area (TPSA) is 38.4 Å². The van der Waals surface area contributed by atoms with Crippen LogP contribution in [0.1, 0.15) is 41.5 Å². The molecule has 0 spiro atoms. The van der Waals surface area contributed by atoms with Crippen LogP contribution in [0.25, 0.3) is 5.65 Å². The molecule has 1 atom stereocenters. The summed E-state index contributed by atoms with van der Waals surface area (Å²) in [6, 6.07) is 6.60. The first-order chi connectivity index (χ1) is 11.1. The SMILES string of the molecule is Cc1nn(C)c(C)c1[C@H]1CCCN1Cc1cn2ccccc2n1. The predicted molar refractivity (Wildman–Crippen MR) is 90.3 cm³/mol.